The third-order valence-electron chi connectivity index (χ3n) is 2.44. The van der Waals surface area contributed by atoms with Gasteiger partial charge in [0.25, 0.3) is 0 Å². The molecule has 0 aliphatic heterocycles. The van der Waals surface area contributed by atoms with Crippen molar-refractivity contribution in [1.82, 2.24) is 9.97 Å². The molecule has 0 aliphatic carbocycles. The van der Waals surface area contributed by atoms with E-state index >= 15 is 0 Å². The Morgan fingerprint density at radius 1 is 1.19 bits per heavy atom. The molecule has 0 N–H and O–H groups in total. The van der Waals surface area contributed by atoms with E-state index in [-0.39, 0.29) is 0 Å². The topological polar surface area (TPSA) is 25.8 Å². The standard InChI is InChI=1S/C14H14N2/c1-3-6-11(4-2)12-9-14-13(16-10-12)7-5-8-15-14/h3-10H,1-2H3/b6-3-,11-4+. The Morgan fingerprint density at radius 3 is 2.81 bits per heavy atom. The fraction of sp³-hybridized carbons (Fsp3) is 0.143. The van der Waals surface area contributed by atoms with Crippen LogP contribution in [0.25, 0.3) is 16.6 Å². The van der Waals surface area contributed by atoms with Crippen molar-refractivity contribution in [3.63, 3.8) is 0 Å². The monoisotopic (exact) mass is 210 g/mol. The summed E-state index contributed by atoms with van der Waals surface area (Å²) in [7, 11) is 0. The average Bonchev–Trinajstić information content (AvgIpc) is 2.35. The van der Waals surface area contributed by atoms with Crippen molar-refractivity contribution in [1.29, 1.82) is 0 Å². The molecule has 0 atom stereocenters. The van der Waals surface area contributed by atoms with Gasteiger partial charge in [-0.2, -0.15) is 0 Å². The van der Waals surface area contributed by atoms with E-state index in [0.29, 0.717) is 0 Å². The van der Waals surface area contributed by atoms with E-state index in [1.54, 1.807) is 6.20 Å². The summed E-state index contributed by atoms with van der Waals surface area (Å²) < 4.78 is 0. The van der Waals surface area contributed by atoms with Gasteiger partial charge in [-0.25, -0.2) is 0 Å². The fourth-order valence-electron chi connectivity index (χ4n) is 1.65. The van der Waals surface area contributed by atoms with Crippen LogP contribution in [0.1, 0.15) is 19.4 Å². The van der Waals surface area contributed by atoms with Crippen LogP contribution in [0.4, 0.5) is 0 Å². The number of hydrogen-bond acceptors (Lipinski definition) is 2. The Morgan fingerprint density at radius 2 is 2.06 bits per heavy atom. The van der Waals surface area contributed by atoms with Crippen molar-refractivity contribution in [3.05, 3.63) is 54.4 Å². The molecule has 0 saturated carbocycles. The Hall–Kier alpha value is -1.96. The molecular weight excluding hydrogens is 196 g/mol. The summed E-state index contributed by atoms with van der Waals surface area (Å²) in [5.74, 6) is 0. The van der Waals surface area contributed by atoms with E-state index in [0.717, 1.165) is 16.6 Å². The highest BCUT2D eigenvalue weighted by atomic mass is 14.7. The summed E-state index contributed by atoms with van der Waals surface area (Å²) in [5.41, 5.74) is 4.14. The quantitative estimate of drug-likeness (QED) is 0.708. The van der Waals surface area contributed by atoms with E-state index in [2.05, 4.69) is 28.2 Å². The first-order valence-electron chi connectivity index (χ1n) is 5.35. The molecule has 2 aromatic rings. The van der Waals surface area contributed by atoms with Gasteiger partial charge in [0, 0.05) is 18.0 Å². The molecule has 2 rings (SSSR count). The Kier molecular flexibility index (Phi) is 3.10. The van der Waals surface area contributed by atoms with E-state index in [9.17, 15) is 0 Å². The lowest BCUT2D eigenvalue weighted by atomic mass is 10.1. The highest BCUT2D eigenvalue weighted by Crippen LogP contribution is 2.18. The first-order valence-corrected chi connectivity index (χ1v) is 5.35. The van der Waals surface area contributed by atoms with Crippen LogP contribution >= 0.6 is 0 Å². The number of rotatable bonds is 2. The lowest BCUT2D eigenvalue weighted by molar-refractivity contribution is 1.32. The van der Waals surface area contributed by atoms with Crippen LogP contribution in [0.3, 0.4) is 0 Å². The van der Waals surface area contributed by atoms with Gasteiger partial charge in [0.1, 0.15) is 0 Å². The summed E-state index contributed by atoms with van der Waals surface area (Å²) in [6.45, 7) is 4.04. The minimum absolute atomic E-state index is 0.933. The van der Waals surface area contributed by atoms with Gasteiger partial charge in [0.2, 0.25) is 0 Å². The molecule has 0 aromatic carbocycles. The smallest absolute Gasteiger partial charge is 0.0892 e. The van der Waals surface area contributed by atoms with Crippen molar-refractivity contribution in [2.75, 3.05) is 0 Å². The minimum Gasteiger partial charge on any atom is -0.255 e. The van der Waals surface area contributed by atoms with Gasteiger partial charge in [-0.1, -0.05) is 18.2 Å². The van der Waals surface area contributed by atoms with E-state index in [1.807, 2.05) is 38.3 Å². The van der Waals surface area contributed by atoms with Crippen LogP contribution in [0.15, 0.2) is 48.8 Å². The highest BCUT2D eigenvalue weighted by molar-refractivity contribution is 5.81. The second-order valence-corrected chi connectivity index (χ2v) is 3.51. The first kappa shape index (κ1) is 10.6. The third-order valence-corrected chi connectivity index (χ3v) is 2.44. The molecule has 2 heterocycles. The molecule has 0 spiro atoms. The van der Waals surface area contributed by atoms with Gasteiger partial charge in [0.15, 0.2) is 0 Å². The zero-order valence-electron chi connectivity index (χ0n) is 9.51. The maximum atomic E-state index is 4.40. The van der Waals surface area contributed by atoms with Gasteiger partial charge >= 0.3 is 0 Å². The maximum Gasteiger partial charge on any atom is 0.0892 e. The molecule has 0 fully saturated rings. The van der Waals surface area contributed by atoms with E-state index in [1.165, 1.54) is 5.57 Å². The molecule has 16 heavy (non-hydrogen) atoms. The molecule has 0 saturated heterocycles. The molecule has 0 aliphatic rings. The van der Waals surface area contributed by atoms with Crippen LogP contribution in [-0.4, -0.2) is 9.97 Å². The molecular formula is C14H14N2. The number of pyridine rings is 2. The van der Waals surface area contributed by atoms with E-state index < -0.39 is 0 Å². The van der Waals surface area contributed by atoms with Crippen molar-refractivity contribution in [3.8, 4) is 0 Å². The van der Waals surface area contributed by atoms with Gasteiger partial charge in [0.05, 0.1) is 11.0 Å². The van der Waals surface area contributed by atoms with Gasteiger partial charge < -0.3 is 0 Å². The molecule has 80 valence electrons. The predicted octanol–water partition coefficient (Wildman–Crippen LogP) is 3.61. The van der Waals surface area contributed by atoms with Crippen LogP contribution in [0, 0.1) is 0 Å². The molecule has 2 heteroatoms. The first-order chi connectivity index (χ1) is 7.85. The van der Waals surface area contributed by atoms with Crippen molar-refractivity contribution < 1.29 is 0 Å². The van der Waals surface area contributed by atoms with Crippen LogP contribution in [-0.2, 0) is 0 Å². The van der Waals surface area contributed by atoms with E-state index in [4.69, 9.17) is 0 Å². The molecule has 0 bridgehead atoms. The maximum absolute atomic E-state index is 4.40. The van der Waals surface area contributed by atoms with Crippen molar-refractivity contribution in [2.45, 2.75) is 13.8 Å². The average molecular weight is 210 g/mol. The molecule has 0 unspecified atom stereocenters. The Balaban J connectivity index is 2.54. The second kappa shape index (κ2) is 4.71. The van der Waals surface area contributed by atoms with Gasteiger partial charge in [-0.05, 0) is 37.6 Å². The molecule has 2 nitrogen and oxygen atoms in total. The highest BCUT2D eigenvalue weighted by Gasteiger charge is 2.00. The normalized spacial score (nSPS) is 12.5. The zero-order chi connectivity index (χ0) is 11.4. The Labute approximate surface area is 95.4 Å². The minimum atomic E-state index is 0.933. The number of allylic oxidation sites excluding steroid dienone is 4. The lowest BCUT2D eigenvalue weighted by Gasteiger charge is -2.02. The van der Waals surface area contributed by atoms with Crippen molar-refractivity contribution >= 4 is 16.6 Å². The number of aromatic nitrogens is 2. The molecule has 2 aromatic heterocycles. The number of hydrogen-bond donors (Lipinski definition) is 0. The Bertz CT molecular complexity index is 553. The van der Waals surface area contributed by atoms with Crippen LogP contribution in [0.2, 0.25) is 0 Å². The molecule has 0 amide bonds. The zero-order valence-corrected chi connectivity index (χ0v) is 9.51. The third kappa shape index (κ3) is 2.01. The predicted molar refractivity (Wildman–Crippen MR) is 68.0 cm³/mol. The number of fused-ring (bicyclic) bond motifs is 1. The lowest BCUT2D eigenvalue weighted by Crippen LogP contribution is -1.87. The van der Waals surface area contributed by atoms with Crippen LogP contribution < -0.4 is 0 Å². The fourth-order valence-corrected chi connectivity index (χ4v) is 1.65. The van der Waals surface area contributed by atoms with Crippen LogP contribution in [0.5, 0.6) is 0 Å². The second-order valence-electron chi connectivity index (χ2n) is 3.51. The summed E-state index contributed by atoms with van der Waals surface area (Å²) >= 11 is 0. The summed E-state index contributed by atoms with van der Waals surface area (Å²) in [5, 5.41) is 0. The summed E-state index contributed by atoms with van der Waals surface area (Å²) in [6, 6.07) is 5.94. The SMILES string of the molecule is C/C=C\C(=C/C)c1cnc2cccnc2c1. The number of nitrogens with zero attached hydrogens (tertiary/aromatic N) is 2. The van der Waals surface area contributed by atoms with Gasteiger partial charge in [-0.15, -0.1) is 0 Å². The van der Waals surface area contributed by atoms with Gasteiger partial charge in [-0.3, -0.25) is 9.97 Å². The molecule has 0 radical (unpaired) electrons. The largest absolute Gasteiger partial charge is 0.255 e. The van der Waals surface area contributed by atoms with Crippen molar-refractivity contribution in [2.24, 2.45) is 0 Å². The summed E-state index contributed by atoms with van der Waals surface area (Å²) in [4.78, 5) is 8.70. The summed E-state index contributed by atoms with van der Waals surface area (Å²) in [6.07, 6.45) is 9.85.